The summed E-state index contributed by atoms with van der Waals surface area (Å²) in [5.41, 5.74) is -2.59. The molecule has 0 saturated carbocycles. The normalized spacial score (nSPS) is 16.3. The van der Waals surface area contributed by atoms with Crippen molar-refractivity contribution in [3.63, 3.8) is 0 Å². The quantitative estimate of drug-likeness (QED) is 0.230. The number of hydrogen-bond acceptors (Lipinski definition) is 6. The average Bonchev–Trinajstić information content (AvgIpc) is 2.99. The minimum absolute atomic E-state index is 0.00449. The minimum Gasteiger partial charge on any atom is -0.480 e. The summed E-state index contributed by atoms with van der Waals surface area (Å²) in [5.74, 6) is -6.16. The molecular weight excluding hydrogens is 644 g/mol. The van der Waals surface area contributed by atoms with E-state index in [4.69, 9.17) is 4.74 Å². The Morgan fingerprint density at radius 1 is 1.06 bits per heavy atom. The van der Waals surface area contributed by atoms with E-state index in [2.05, 4.69) is 9.97 Å². The molecule has 4 aromatic rings. The summed E-state index contributed by atoms with van der Waals surface area (Å²) in [5, 5.41) is 12.1. The highest BCUT2D eigenvalue weighted by Gasteiger charge is 2.46. The van der Waals surface area contributed by atoms with Crippen molar-refractivity contribution < 1.29 is 54.6 Å². The molecule has 47 heavy (non-hydrogen) atoms. The number of hydrogen-bond donors (Lipinski definition) is 2. The lowest BCUT2D eigenvalue weighted by atomic mass is 9.95. The van der Waals surface area contributed by atoms with Crippen LogP contribution in [-0.4, -0.2) is 65.0 Å². The molecule has 3 heterocycles. The number of nitrogens with zero attached hydrogens (tertiary/aromatic N) is 3. The number of aliphatic carboxylic acids is 1. The molecule has 1 saturated heterocycles. The fourth-order valence-corrected chi connectivity index (χ4v) is 5.38. The van der Waals surface area contributed by atoms with Crippen LogP contribution in [0, 0.1) is 18.6 Å². The van der Waals surface area contributed by atoms with Crippen LogP contribution in [0.4, 0.5) is 40.8 Å². The number of aromatic nitrogens is 2. The van der Waals surface area contributed by atoms with Crippen molar-refractivity contribution in [1.29, 1.82) is 0 Å². The third kappa shape index (κ3) is 6.96. The molecule has 248 valence electrons. The first-order valence-corrected chi connectivity index (χ1v) is 13.9. The van der Waals surface area contributed by atoms with Crippen molar-refractivity contribution in [2.45, 2.75) is 37.8 Å². The Labute approximate surface area is 261 Å². The number of carboxylic acids is 1. The molecule has 0 bridgehead atoms. The van der Waals surface area contributed by atoms with Crippen molar-refractivity contribution >= 4 is 28.5 Å². The van der Waals surface area contributed by atoms with Crippen molar-refractivity contribution in [2.24, 2.45) is 0 Å². The van der Waals surface area contributed by atoms with E-state index >= 15 is 8.78 Å². The lowest BCUT2D eigenvalue weighted by Gasteiger charge is -2.38. The number of carboxylic acid groups (broad SMARTS) is 1. The molecule has 5 rings (SSSR count). The summed E-state index contributed by atoms with van der Waals surface area (Å²) in [6, 6.07) is 3.57. The smallest absolute Gasteiger partial charge is 0.418 e. The molecule has 1 aliphatic rings. The second-order valence-corrected chi connectivity index (χ2v) is 10.8. The maximum absolute atomic E-state index is 15.1. The number of nitrogens with one attached hydrogen (secondary N) is 1. The van der Waals surface area contributed by atoms with Gasteiger partial charge in [-0.05, 0) is 42.3 Å². The number of pyridine rings is 2. The molecule has 1 fully saturated rings. The maximum Gasteiger partial charge on any atom is 0.418 e. The summed E-state index contributed by atoms with van der Waals surface area (Å²) in [6.45, 7) is 0.195. The van der Waals surface area contributed by atoms with Gasteiger partial charge in [-0.15, -0.1) is 0 Å². The Morgan fingerprint density at radius 3 is 2.40 bits per heavy atom. The van der Waals surface area contributed by atoms with Gasteiger partial charge >= 0.3 is 18.3 Å². The average molecular weight is 669 g/mol. The largest absolute Gasteiger partial charge is 0.480 e. The number of ether oxygens (including phenoxy) is 1. The number of benzene rings is 2. The standard InChI is InChI=1S/C31H24F8N4O4/c1-15-9-20(30(34,35)36)27(41-13-15)19-5-4-16(18-3-2-6-40-26(18)19)10-23(29(45)46)42-28(44)25-21(32)11-17(12-22(25)33)43-7-8-47-14-24(43)31(37,38)39/h2-6,9,11-13,23-24H,7-8,10,14H2,1H3,(H,42,44)(H,45,46)/t23-,24+/m0/s1. The Hall–Kier alpha value is -4.86. The van der Waals surface area contributed by atoms with Gasteiger partial charge in [0, 0.05) is 42.0 Å². The number of anilines is 1. The number of alkyl halides is 6. The second-order valence-electron chi connectivity index (χ2n) is 10.8. The summed E-state index contributed by atoms with van der Waals surface area (Å²) in [6.07, 6.45) is -7.45. The molecule has 2 N–H and O–H groups in total. The van der Waals surface area contributed by atoms with Crippen LogP contribution in [0.5, 0.6) is 0 Å². The number of fused-ring (bicyclic) bond motifs is 1. The number of rotatable bonds is 7. The highest BCUT2D eigenvalue weighted by molar-refractivity contribution is 5.98. The third-order valence-electron chi connectivity index (χ3n) is 7.56. The Morgan fingerprint density at radius 2 is 1.77 bits per heavy atom. The first-order valence-electron chi connectivity index (χ1n) is 13.9. The van der Waals surface area contributed by atoms with Gasteiger partial charge in [0.15, 0.2) is 0 Å². The first kappa shape index (κ1) is 33.5. The van der Waals surface area contributed by atoms with Crippen LogP contribution in [0.1, 0.15) is 27.0 Å². The van der Waals surface area contributed by atoms with Gasteiger partial charge in [-0.2, -0.15) is 26.3 Å². The summed E-state index contributed by atoms with van der Waals surface area (Å²) < 4.78 is 117. The van der Waals surface area contributed by atoms with Gasteiger partial charge in [0.2, 0.25) is 0 Å². The maximum atomic E-state index is 15.1. The van der Waals surface area contributed by atoms with E-state index in [0.29, 0.717) is 17.0 Å². The number of carbonyl (C=O) groups excluding carboxylic acids is 1. The van der Waals surface area contributed by atoms with Crippen molar-refractivity contribution in [2.75, 3.05) is 24.7 Å². The molecule has 1 aliphatic heterocycles. The first-order chi connectivity index (χ1) is 22.1. The van der Waals surface area contributed by atoms with E-state index < -0.39 is 83.5 Å². The van der Waals surface area contributed by atoms with Crippen LogP contribution in [-0.2, 0) is 22.1 Å². The molecule has 2 aromatic carbocycles. The summed E-state index contributed by atoms with van der Waals surface area (Å²) >= 11 is 0. The van der Waals surface area contributed by atoms with Gasteiger partial charge in [-0.3, -0.25) is 14.8 Å². The van der Waals surface area contributed by atoms with Crippen molar-refractivity contribution in [1.82, 2.24) is 15.3 Å². The zero-order valence-electron chi connectivity index (χ0n) is 24.2. The van der Waals surface area contributed by atoms with E-state index in [-0.39, 0.29) is 40.7 Å². The van der Waals surface area contributed by atoms with Crippen LogP contribution in [0.2, 0.25) is 0 Å². The topological polar surface area (TPSA) is 105 Å². The van der Waals surface area contributed by atoms with Gasteiger partial charge in [-0.25, -0.2) is 13.6 Å². The highest BCUT2D eigenvalue weighted by atomic mass is 19.4. The molecule has 0 radical (unpaired) electrons. The number of morpholine rings is 1. The summed E-state index contributed by atoms with van der Waals surface area (Å²) in [4.78, 5) is 34.0. The fourth-order valence-electron chi connectivity index (χ4n) is 5.38. The number of carbonyl (C=O) groups is 2. The molecule has 16 heteroatoms. The molecule has 0 unspecified atom stereocenters. The van der Waals surface area contributed by atoms with E-state index in [1.165, 1.54) is 43.6 Å². The zero-order valence-corrected chi connectivity index (χ0v) is 24.2. The van der Waals surface area contributed by atoms with E-state index in [1.807, 2.05) is 5.32 Å². The van der Waals surface area contributed by atoms with E-state index in [0.717, 1.165) is 6.07 Å². The molecule has 8 nitrogen and oxygen atoms in total. The van der Waals surface area contributed by atoms with E-state index in [1.54, 1.807) is 0 Å². The van der Waals surface area contributed by atoms with Crippen LogP contribution in [0.15, 0.2) is 54.9 Å². The van der Waals surface area contributed by atoms with Gasteiger partial charge in [0.25, 0.3) is 5.91 Å². The predicted octanol–water partition coefficient (Wildman–Crippen LogP) is 6.10. The van der Waals surface area contributed by atoms with Crippen LogP contribution in [0.3, 0.4) is 0 Å². The number of halogens is 8. The van der Waals surface area contributed by atoms with Crippen molar-refractivity contribution in [3.8, 4) is 11.3 Å². The van der Waals surface area contributed by atoms with E-state index in [9.17, 15) is 41.0 Å². The SMILES string of the molecule is Cc1cnc(-c2ccc(C[C@H](NC(=O)c3c(F)cc(N4CCOC[C@@H]4C(F)(F)F)cc3F)C(=O)O)c3cccnc23)c(C(F)(F)F)c1. The van der Waals surface area contributed by atoms with Crippen LogP contribution >= 0.6 is 0 Å². The third-order valence-corrected chi connectivity index (χ3v) is 7.56. The molecular formula is C31H24F8N4O4. The number of amides is 1. The zero-order chi connectivity index (χ0) is 34.3. The monoisotopic (exact) mass is 668 g/mol. The fraction of sp³-hybridized carbons (Fsp3) is 0.290. The summed E-state index contributed by atoms with van der Waals surface area (Å²) in [7, 11) is 0. The van der Waals surface area contributed by atoms with Crippen LogP contribution < -0.4 is 10.2 Å². The highest BCUT2D eigenvalue weighted by Crippen LogP contribution is 2.39. The molecule has 2 atom stereocenters. The van der Waals surface area contributed by atoms with Gasteiger partial charge < -0.3 is 20.1 Å². The molecule has 0 spiro atoms. The molecule has 2 aromatic heterocycles. The van der Waals surface area contributed by atoms with Crippen molar-refractivity contribution in [3.05, 3.63) is 88.7 Å². The van der Waals surface area contributed by atoms with Gasteiger partial charge in [-0.1, -0.05) is 18.2 Å². The van der Waals surface area contributed by atoms with Crippen LogP contribution in [0.25, 0.3) is 22.2 Å². The Bertz CT molecular complexity index is 1820. The van der Waals surface area contributed by atoms with Gasteiger partial charge in [0.05, 0.1) is 30.0 Å². The number of aryl methyl sites for hydroxylation is 1. The Balaban J connectivity index is 1.45. The Kier molecular flexibility index (Phi) is 9.08. The molecule has 0 aliphatic carbocycles. The van der Waals surface area contributed by atoms with Gasteiger partial charge in [0.1, 0.15) is 29.3 Å². The lowest BCUT2D eigenvalue weighted by Crippen LogP contribution is -2.53. The molecule has 1 amide bonds. The second kappa shape index (κ2) is 12.7. The predicted molar refractivity (Wildman–Crippen MR) is 152 cm³/mol. The lowest BCUT2D eigenvalue weighted by molar-refractivity contribution is -0.167. The minimum atomic E-state index is -4.78.